The minimum atomic E-state index is -4.17. The smallest absolute Gasteiger partial charge is 0.281 e. The van der Waals surface area contributed by atoms with E-state index in [0.29, 0.717) is 33.0 Å². The molecule has 5 aromatic rings. The van der Waals surface area contributed by atoms with Crippen LogP contribution in [-0.2, 0) is 16.6 Å². The molecule has 0 bridgehead atoms. The van der Waals surface area contributed by atoms with Gasteiger partial charge in [-0.15, -0.1) is 0 Å². The number of para-hydroxylation sites is 1. The van der Waals surface area contributed by atoms with Gasteiger partial charge in [0, 0.05) is 29.4 Å². The molecule has 0 saturated heterocycles. The number of nitrogens with one attached hydrogen (secondary N) is 3. The number of pyridine rings is 1. The Labute approximate surface area is 231 Å². The van der Waals surface area contributed by atoms with Crippen molar-refractivity contribution in [2.45, 2.75) is 18.5 Å². The van der Waals surface area contributed by atoms with Gasteiger partial charge in [0.25, 0.3) is 10.0 Å². The maximum atomic E-state index is 14.0. The Hall–Kier alpha value is -4.56. The summed E-state index contributed by atoms with van der Waals surface area (Å²) in [6.45, 7) is 1.85. The van der Waals surface area contributed by atoms with Gasteiger partial charge in [0.2, 0.25) is 0 Å². The first-order valence-corrected chi connectivity index (χ1v) is 14.0. The number of H-pyrrole nitrogens is 1. The number of phenolic OH excluding ortho intramolecular Hbond substituents is 1. The zero-order chi connectivity index (χ0) is 28.4. The van der Waals surface area contributed by atoms with E-state index in [-0.39, 0.29) is 33.7 Å². The molecule has 0 aliphatic carbocycles. The van der Waals surface area contributed by atoms with E-state index in [1.54, 1.807) is 37.4 Å². The summed E-state index contributed by atoms with van der Waals surface area (Å²) < 4.78 is 61.6. The van der Waals surface area contributed by atoms with E-state index in [0.717, 1.165) is 23.5 Å². The zero-order valence-corrected chi connectivity index (χ0v) is 22.7. The van der Waals surface area contributed by atoms with Gasteiger partial charge < -0.3 is 15.2 Å². The molecule has 0 aliphatic heterocycles. The number of ether oxygens (including phenoxy) is 1. The van der Waals surface area contributed by atoms with Gasteiger partial charge in [0.05, 0.1) is 35.8 Å². The fourth-order valence-electron chi connectivity index (χ4n) is 3.95. The van der Waals surface area contributed by atoms with Gasteiger partial charge in [-0.3, -0.25) is 9.82 Å². The first-order valence-electron chi connectivity index (χ1n) is 11.7. The Morgan fingerprint density at radius 2 is 1.93 bits per heavy atom. The molecule has 206 valence electrons. The molecule has 0 unspecified atom stereocenters. The minimum absolute atomic E-state index is 0.00608. The van der Waals surface area contributed by atoms with Crippen molar-refractivity contribution in [3.8, 4) is 33.2 Å². The average Bonchev–Trinajstić information content (AvgIpc) is 3.59. The molecule has 14 heteroatoms. The lowest BCUT2D eigenvalue weighted by molar-refractivity contribution is 0.371. The maximum Gasteiger partial charge on any atom is 0.281 e. The highest BCUT2D eigenvalue weighted by Crippen LogP contribution is 2.40. The van der Waals surface area contributed by atoms with Gasteiger partial charge in [-0.2, -0.15) is 13.5 Å². The highest BCUT2D eigenvalue weighted by molar-refractivity contribution is 7.92. The summed E-state index contributed by atoms with van der Waals surface area (Å²) in [7, 11) is -2.71. The predicted molar refractivity (Wildman–Crippen MR) is 147 cm³/mol. The number of aryl methyl sites for hydroxylation is 1. The molecule has 0 spiro atoms. The zero-order valence-electron chi connectivity index (χ0n) is 21.1. The summed E-state index contributed by atoms with van der Waals surface area (Å²) in [5.74, 6) is -1.72. The van der Waals surface area contributed by atoms with Crippen LogP contribution in [0.3, 0.4) is 0 Å². The van der Waals surface area contributed by atoms with Crippen LogP contribution in [-0.4, -0.2) is 40.8 Å². The number of hydrogen-bond donors (Lipinski definition) is 4. The van der Waals surface area contributed by atoms with Crippen molar-refractivity contribution >= 4 is 32.2 Å². The molecule has 2 aromatic carbocycles. The fraction of sp³-hybridized carbons (Fsp3) is 0.115. The van der Waals surface area contributed by atoms with Crippen LogP contribution in [0.2, 0.25) is 0 Å². The molecule has 3 aromatic heterocycles. The van der Waals surface area contributed by atoms with Crippen LogP contribution in [0.4, 0.5) is 19.6 Å². The van der Waals surface area contributed by atoms with Crippen molar-refractivity contribution < 1.29 is 27.0 Å². The van der Waals surface area contributed by atoms with Crippen LogP contribution in [0, 0.1) is 18.6 Å². The van der Waals surface area contributed by atoms with Crippen LogP contribution < -0.4 is 14.8 Å². The van der Waals surface area contributed by atoms with Crippen molar-refractivity contribution in [3.63, 3.8) is 0 Å². The fourth-order valence-corrected chi connectivity index (χ4v) is 6.31. The number of halogens is 2. The van der Waals surface area contributed by atoms with Crippen molar-refractivity contribution in [1.29, 1.82) is 0 Å². The lowest BCUT2D eigenvalue weighted by atomic mass is 10.1. The molecular weight excluding hydrogens is 562 g/mol. The summed E-state index contributed by atoms with van der Waals surface area (Å²) >= 11 is 1.01. The van der Waals surface area contributed by atoms with E-state index in [4.69, 9.17) is 4.74 Å². The molecular formula is C26H22F2N6O4S2. The van der Waals surface area contributed by atoms with Crippen LogP contribution in [0.5, 0.6) is 11.5 Å². The number of aromatic nitrogens is 4. The molecule has 3 heterocycles. The summed E-state index contributed by atoms with van der Waals surface area (Å²) in [6, 6.07) is 10.1. The van der Waals surface area contributed by atoms with Gasteiger partial charge in [-0.1, -0.05) is 23.5 Å². The second-order valence-corrected chi connectivity index (χ2v) is 11.2. The summed E-state index contributed by atoms with van der Waals surface area (Å²) in [6.07, 6.45) is 4.46. The number of sulfonamides is 1. The second-order valence-electron chi connectivity index (χ2n) is 8.59. The van der Waals surface area contributed by atoms with E-state index >= 15 is 0 Å². The first-order chi connectivity index (χ1) is 19.2. The maximum absolute atomic E-state index is 14.0. The van der Waals surface area contributed by atoms with Crippen molar-refractivity contribution in [1.82, 2.24) is 20.2 Å². The summed E-state index contributed by atoms with van der Waals surface area (Å²) in [4.78, 5) is 9.02. The molecule has 0 aliphatic rings. The Bertz CT molecular complexity index is 1790. The third-order valence-electron chi connectivity index (χ3n) is 5.87. The normalized spacial score (nSPS) is 11.4. The molecule has 0 saturated carbocycles. The molecule has 0 fully saturated rings. The van der Waals surface area contributed by atoms with E-state index in [2.05, 4.69) is 30.2 Å². The molecule has 0 radical (unpaired) electrons. The van der Waals surface area contributed by atoms with Gasteiger partial charge in [-0.05, 0) is 42.8 Å². The number of phenols is 1. The minimum Gasteiger partial charge on any atom is -0.504 e. The Kier molecular flexibility index (Phi) is 7.36. The number of rotatable bonds is 9. The second kappa shape index (κ2) is 10.9. The number of nitrogens with zero attached hydrogens (tertiary/aromatic N) is 3. The monoisotopic (exact) mass is 584 g/mol. The molecule has 40 heavy (non-hydrogen) atoms. The van der Waals surface area contributed by atoms with E-state index in [1.807, 2.05) is 0 Å². The van der Waals surface area contributed by atoms with Crippen LogP contribution in [0.1, 0.15) is 11.1 Å². The summed E-state index contributed by atoms with van der Waals surface area (Å²) in [5, 5.41) is 19.8. The number of aromatic hydroxyl groups is 1. The Morgan fingerprint density at radius 1 is 1.10 bits per heavy atom. The third-order valence-corrected chi connectivity index (χ3v) is 8.42. The number of aromatic amines is 1. The molecule has 0 amide bonds. The number of hydrogen-bond acceptors (Lipinski definition) is 9. The number of anilines is 2. The molecule has 10 nitrogen and oxygen atoms in total. The van der Waals surface area contributed by atoms with Crippen molar-refractivity contribution in [3.05, 3.63) is 83.8 Å². The largest absolute Gasteiger partial charge is 0.504 e. The van der Waals surface area contributed by atoms with Crippen molar-refractivity contribution in [2.75, 3.05) is 17.1 Å². The third kappa shape index (κ3) is 5.44. The van der Waals surface area contributed by atoms with Gasteiger partial charge >= 0.3 is 0 Å². The average molecular weight is 585 g/mol. The van der Waals surface area contributed by atoms with Crippen molar-refractivity contribution in [2.24, 2.45) is 0 Å². The van der Waals surface area contributed by atoms with Gasteiger partial charge in [0.15, 0.2) is 33.3 Å². The lowest BCUT2D eigenvalue weighted by Gasteiger charge is -2.12. The highest BCUT2D eigenvalue weighted by Gasteiger charge is 2.24. The SMILES string of the molecule is COc1cccc(CNc2cnc(S(=O)(=O)Nc3nc(-c4ccc(F)c(F)c4)c(-c4cn[nH]c4)s3)c(C)c2)c1O. The molecule has 5 rings (SSSR count). The molecule has 0 atom stereocenters. The van der Waals surface area contributed by atoms with Gasteiger partial charge in [0.1, 0.15) is 0 Å². The van der Waals surface area contributed by atoms with E-state index in [1.165, 1.54) is 25.6 Å². The number of thiazole rings is 1. The Balaban J connectivity index is 1.40. The molecule has 4 N–H and O–H groups in total. The first kappa shape index (κ1) is 27.0. The van der Waals surface area contributed by atoms with E-state index in [9.17, 15) is 22.3 Å². The van der Waals surface area contributed by atoms with Crippen LogP contribution >= 0.6 is 11.3 Å². The Morgan fingerprint density at radius 3 is 2.62 bits per heavy atom. The lowest BCUT2D eigenvalue weighted by Crippen LogP contribution is -2.16. The topological polar surface area (TPSA) is 142 Å². The highest BCUT2D eigenvalue weighted by atomic mass is 32.2. The van der Waals surface area contributed by atoms with Crippen LogP contribution in [0.25, 0.3) is 21.7 Å². The number of benzene rings is 2. The predicted octanol–water partition coefficient (Wildman–Crippen LogP) is 5.31. The van der Waals surface area contributed by atoms with Gasteiger partial charge in [-0.25, -0.2) is 18.7 Å². The summed E-state index contributed by atoms with van der Waals surface area (Å²) in [5.41, 5.74) is 2.60. The van der Waals surface area contributed by atoms with Crippen LogP contribution in [0.15, 0.2) is 66.1 Å². The quantitative estimate of drug-likeness (QED) is 0.183. The standard InChI is InChI=1S/C26H22F2N6O4S2/c1-14-8-18(29-10-16-4-3-5-21(38-2)23(16)35)13-30-25(14)40(36,37)34-26-33-22(15-6-7-19(27)20(28)9-15)24(39-26)17-11-31-32-12-17/h3-9,11-13,29,35H,10H2,1-2H3,(H,31,32)(H,33,34). The number of methoxy groups -OCH3 is 1. The van der Waals surface area contributed by atoms with E-state index < -0.39 is 21.7 Å².